The van der Waals surface area contributed by atoms with Crippen LogP contribution in [0.15, 0.2) is 72.8 Å². The van der Waals surface area contributed by atoms with E-state index in [0.29, 0.717) is 18.4 Å². The zero-order valence-corrected chi connectivity index (χ0v) is 22.4. The number of aromatic nitrogens is 3. The van der Waals surface area contributed by atoms with Crippen molar-refractivity contribution in [3.63, 3.8) is 0 Å². The Labute approximate surface area is 210 Å². The van der Waals surface area contributed by atoms with Gasteiger partial charge in [-0.1, -0.05) is 88.0 Å². The molecule has 1 fully saturated rings. The van der Waals surface area contributed by atoms with Gasteiger partial charge < -0.3 is 8.99 Å². The van der Waals surface area contributed by atoms with Crippen molar-refractivity contribution in [3.05, 3.63) is 84.5 Å². The molecular formula is C29H37N3O2Si. The number of nitrogens with zero attached hydrogens (tertiary/aromatic N) is 3. The number of rotatable bonds is 8. The minimum atomic E-state index is -2.64. The summed E-state index contributed by atoms with van der Waals surface area (Å²) in [6, 6.07) is 21.4. The van der Waals surface area contributed by atoms with Crippen LogP contribution in [0.25, 0.3) is 0 Å². The molecule has 2 aromatic carbocycles. The molecular weight excluding hydrogens is 450 g/mol. The van der Waals surface area contributed by atoms with Crippen LogP contribution in [0.2, 0.25) is 5.04 Å². The van der Waals surface area contributed by atoms with E-state index in [0.717, 1.165) is 49.2 Å². The predicted octanol–water partition coefficient (Wildman–Crippen LogP) is 4.92. The van der Waals surface area contributed by atoms with Gasteiger partial charge in [0.1, 0.15) is 12.1 Å². The Hall–Kier alpha value is -2.83. The van der Waals surface area contributed by atoms with E-state index in [1.165, 1.54) is 10.4 Å². The SMILES string of the molecule is C=C(C=O)[C@H]1CC[C@H](c2nnc(CO[Si](c3ccccc3)(c3ccccc3)C(C)(C)C)n2C)CC1. The third-order valence-electron chi connectivity index (χ3n) is 7.60. The molecule has 35 heavy (non-hydrogen) atoms. The zero-order valence-electron chi connectivity index (χ0n) is 21.4. The molecule has 0 aliphatic heterocycles. The Kier molecular flexibility index (Phi) is 7.52. The van der Waals surface area contributed by atoms with Crippen LogP contribution in [-0.4, -0.2) is 29.4 Å². The maximum absolute atomic E-state index is 11.1. The number of hydrogen-bond acceptors (Lipinski definition) is 4. The molecule has 0 radical (unpaired) electrons. The molecule has 5 nitrogen and oxygen atoms in total. The molecule has 0 unspecified atom stereocenters. The van der Waals surface area contributed by atoms with E-state index < -0.39 is 8.32 Å². The van der Waals surface area contributed by atoms with Crippen LogP contribution in [0.5, 0.6) is 0 Å². The van der Waals surface area contributed by atoms with E-state index in [1.807, 2.05) is 0 Å². The average molecular weight is 488 g/mol. The molecule has 4 rings (SSSR count). The first-order valence-corrected chi connectivity index (χ1v) is 14.5. The summed E-state index contributed by atoms with van der Waals surface area (Å²) in [5.74, 6) is 2.52. The van der Waals surface area contributed by atoms with Gasteiger partial charge >= 0.3 is 0 Å². The second kappa shape index (κ2) is 10.4. The van der Waals surface area contributed by atoms with E-state index in [1.54, 1.807) is 0 Å². The number of allylic oxidation sites excluding steroid dienone is 1. The Morgan fingerprint density at radius 2 is 1.54 bits per heavy atom. The van der Waals surface area contributed by atoms with Gasteiger partial charge in [-0.3, -0.25) is 4.79 Å². The Balaban J connectivity index is 1.61. The normalized spacial score (nSPS) is 18.9. The first-order valence-electron chi connectivity index (χ1n) is 12.5. The molecule has 0 spiro atoms. The fourth-order valence-electron chi connectivity index (χ4n) is 5.61. The zero-order chi connectivity index (χ0) is 25.1. The number of benzene rings is 2. The summed E-state index contributed by atoms with van der Waals surface area (Å²) in [7, 11) is -0.584. The molecule has 1 aliphatic carbocycles. The van der Waals surface area contributed by atoms with Gasteiger partial charge in [-0.25, -0.2) is 0 Å². The maximum Gasteiger partial charge on any atom is 0.261 e. The maximum atomic E-state index is 11.1. The van der Waals surface area contributed by atoms with Crippen LogP contribution in [0.1, 0.15) is 64.0 Å². The minimum absolute atomic E-state index is 0.0868. The van der Waals surface area contributed by atoms with Crippen LogP contribution < -0.4 is 10.4 Å². The highest BCUT2D eigenvalue weighted by Crippen LogP contribution is 2.39. The molecule has 0 amide bonds. The molecule has 1 heterocycles. The smallest absolute Gasteiger partial charge is 0.261 e. The molecule has 0 bridgehead atoms. The van der Waals surface area contributed by atoms with Gasteiger partial charge in [0.05, 0.1) is 6.61 Å². The standard InChI is InChI=1S/C29H37N3O2Si/c1-22(20-33)23-16-18-24(19-17-23)28-31-30-27(32(28)5)21-34-35(29(2,3)4,25-12-8-6-9-13-25)26-14-10-7-11-15-26/h6-15,20,23-24H,1,16-19,21H2,2-5H3/t23-,24-. The predicted molar refractivity (Wildman–Crippen MR) is 143 cm³/mol. The highest BCUT2D eigenvalue weighted by molar-refractivity contribution is 6.99. The Bertz CT molecular complexity index is 1100. The van der Waals surface area contributed by atoms with Crippen molar-refractivity contribution in [1.29, 1.82) is 0 Å². The van der Waals surface area contributed by atoms with Crippen molar-refractivity contribution in [2.75, 3.05) is 0 Å². The van der Waals surface area contributed by atoms with Crippen molar-refractivity contribution < 1.29 is 9.22 Å². The topological polar surface area (TPSA) is 57.0 Å². The minimum Gasteiger partial charge on any atom is -0.400 e. The molecule has 3 aromatic rings. The molecule has 0 saturated heterocycles. The van der Waals surface area contributed by atoms with Crippen LogP contribution >= 0.6 is 0 Å². The summed E-state index contributed by atoms with van der Waals surface area (Å²) < 4.78 is 9.18. The number of hydrogen-bond donors (Lipinski definition) is 0. The van der Waals surface area contributed by atoms with Gasteiger partial charge in [0.15, 0.2) is 5.82 Å². The van der Waals surface area contributed by atoms with Crippen LogP contribution in [0.4, 0.5) is 0 Å². The number of carbonyl (C=O) groups is 1. The van der Waals surface area contributed by atoms with Crippen molar-refractivity contribution >= 4 is 25.0 Å². The number of carbonyl (C=O) groups excluding carboxylic acids is 1. The largest absolute Gasteiger partial charge is 0.400 e. The summed E-state index contributed by atoms with van der Waals surface area (Å²) in [6.07, 6.45) is 4.86. The Morgan fingerprint density at radius 3 is 2.03 bits per heavy atom. The van der Waals surface area contributed by atoms with E-state index in [-0.39, 0.29) is 5.04 Å². The van der Waals surface area contributed by atoms with E-state index in [9.17, 15) is 4.79 Å². The molecule has 6 heteroatoms. The third-order valence-corrected chi connectivity index (χ3v) is 12.6. The van der Waals surface area contributed by atoms with E-state index in [2.05, 4.69) is 110 Å². The highest BCUT2D eigenvalue weighted by Gasteiger charge is 2.50. The van der Waals surface area contributed by atoms with Crippen molar-refractivity contribution in [2.45, 2.75) is 64.0 Å². The Morgan fingerprint density at radius 1 is 1.00 bits per heavy atom. The average Bonchev–Trinajstić information content (AvgIpc) is 3.24. The van der Waals surface area contributed by atoms with E-state index >= 15 is 0 Å². The van der Waals surface area contributed by atoms with Gasteiger partial charge in [-0.15, -0.1) is 10.2 Å². The van der Waals surface area contributed by atoms with Crippen molar-refractivity contribution in [1.82, 2.24) is 14.8 Å². The third kappa shape index (κ3) is 4.95. The highest BCUT2D eigenvalue weighted by atomic mass is 28.4. The second-order valence-electron chi connectivity index (χ2n) is 10.7. The second-order valence-corrected chi connectivity index (χ2v) is 15.0. The fourth-order valence-corrected chi connectivity index (χ4v) is 10.1. The van der Waals surface area contributed by atoms with Crippen LogP contribution in [-0.2, 0) is 22.9 Å². The monoisotopic (exact) mass is 487 g/mol. The summed E-state index contributed by atoms with van der Waals surface area (Å²) >= 11 is 0. The molecule has 184 valence electrons. The summed E-state index contributed by atoms with van der Waals surface area (Å²) in [5.41, 5.74) is 0.723. The lowest BCUT2D eigenvalue weighted by Gasteiger charge is -2.42. The summed E-state index contributed by atoms with van der Waals surface area (Å²) in [5, 5.41) is 11.6. The van der Waals surface area contributed by atoms with Gasteiger partial charge in [0, 0.05) is 13.0 Å². The molecule has 1 saturated carbocycles. The molecule has 0 atom stereocenters. The molecule has 1 aromatic heterocycles. The quantitative estimate of drug-likeness (QED) is 0.257. The summed E-state index contributed by atoms with van der Waals surface area (Å²) in [6.45, 7) is 11.2. The fraction of sp³-hybridized carbons (Fsp3) is 0.414. The van der Waals surface area contributed by atoms with Crippen LogP contribution in [0, 0.1) is 5.92 Å². The first-order chi connectivity index (χ1) is 16.8. The molecule has 0 N–H and O–H groups in total. The summed E-state index contributed by atoms with van der Waals surface area (Å²) in [4.78, 5) is 11.1. The lowest BCUT2D eigenvalue weighted by Crippen LogP contribution is -2.66. The van der Waals surface area contributed by atoms with Gasteiger partial charge in [0.2, 0.25) is 0 Å². The van der Waals surface area contributed by atoms with Crippen LogP contribution in [0.3, 0.4) is 0 Å². The first kappa shape index (κ1) is 25.3. The lowest BCUT2D eigenvalue weighted by molar-refractivity contribution is -0.105. The number of aldehydes is 1. The van der Waals surface area contributed by atoms with Crippen molar-refractivity contribution in [2.24, 2.45) is 13.0 Å². The molecule has 1 aliphatic rings. The van der Waals surface area contributed by atoms with Gasteiger partial charge in [0.25, 0.3) is 8.32 Å². The lowest BCUT2D eigenvalue weighted by atomic mass is 9.79. The van der Waals surface area contributed by atoms with Crippen molar-refractivity contribution in [3.8, 4) is 0 Å². The van der Waals surface area contributed by atoms with E-state index in [4.69, 9.17) is 4.43 Å². The van der Waals surface area contributed by atoms with Gasteiger partial charge in [-0.2, -0.15) is 0 Å². The van der Waals surface area contributed by atoms with Gasteiger partial charge in [-0.05, 0) is 52.6 Å².